The lowest BCUT2D eigenvalue weighted by atomic mass is 10.7. The lowest BCUT2D eigenvalue weighted by Crippen LogP contribution is -2.17. The van der Waals surface area contributed by atoms with Gasteiger partial charge in [0.15, 0.2) is 0 Å². The van der Waals surface area contributed by atoms with Crippen molar-refractivity contribution in [3.05, 3.63) is 0 Å². The van der Waals surface area contributed by atoms with Crippen molar-refractivity contribution < 1.29 is 4.79 Å². The molecule has 0 aliphatic heterocycles. The number of halogens is 1. The van der Waals surface area contributed by atoms with Gasteiger partial charge in [0.05, 0.1) is 22.9 Å². The van der Waals surface area contributed by atoms with Crippen LogP contribution in [0.3, 0.4) is 0 Å². The first-order valence-corrected chi connectivity index (χ1v) is 2.99. The third-order valence-corrected chi connectivity index (χ3v) is 0.660. The number of hydrazone groups is 1. The molecule has 0 heterocycles. The highest BCUT2D eigenvalue weighted by atomic mass is 127. The molecule has 0 aromatic heterocycles. The average Bonchev–Trinajstić information content (AvgIpc) is 1.66. The number of carbonyl (C=O) groups excluding carboxylic acids is 1. The van der Waals surface area contributed by atoms with Gasteiger partial charge < -0.3 is 5.32 Å². The van der Waals surface area contributed by atoms with Crippen LogP contribution in [-0.4, -0.2) is 12.2 Å². The fourth-order valence-electron chi connectivity index (χ4n) is 0.148. The first-order valence-electron chi connectivity index (χ1n) is 1.91. The highest BCUT2D eigenvalue weighted by molar-refractivity contribution is 14.1. The van der Waals surface area contributed by atoms with Crippen LogP contribution in [0, 0.1) is 0 Å². The minimum Gasteiger partial charge on any atom is -0.316 e. The van der Waals surface area contributed by atoms with E-state index in [1.54, 1.807) is 0 Å². The standard InChI is InChI=1S/C3H6IN3O/c1-3(8)5-2-6-7-4/h2,7H,1H3,(H,5,6,8). The smallest absolute Gasteiger partial charge is 0.221 e. The summed E-state index contributed by atoms with van der Waals surface area (Å²) in [7, 11) is 0. The van der Waals surface area contributed by atoms with Gasteiger partial charge in [-0.1, -0.05) is 0 Å². The highest BCUT2D eigenvalue weighted by Gasteiger charge is 1.79. The van der Waals surface area contributed by atoms with Gasteiger partial charge >= 0.3 is 0 Å². The fraction of sp³-hybridized carbons (Fsp3) is 0.333. The zero-order valence-corrected chi connectivity index (χ0v) is 6.47. The zero-order chi connectivity index (χ0) is 6.41. The van der Waals surface area contributed by atoms with E-state index in [1.165, 1.54) is 13.3 Å². The van der Waals surface area contributed by atoms with Crippen LogP contribution in [0.4, 0.5) is 0 Å². The summed E-state index contributed by atoms with van der Waals surface area (Å²) in [6, 6.07) is 0. The molecule has 8 heavy (non-hydrogen) atoms. The van der Waals surface area contributed by atoms with Crippen molar-refractivity contribution in [2.45, 2.75) is 6.92 Å². The van der Waals surface area contributed by atoms with E-state index < -0.39 is 0 Å². The highest BCUT2D eigenvalue weighted by Crippen LogP contribution is 1.63. The summed E-state index contributed by atoms with van der Waals surface area (Å²) in [5.41, 5.74) is 0. The van der Waals surface area contributed by atoms with Crippen molar-refractivity contribution in [3.8, 4) is 0 Å². The van der Waals surface area contributed by atoms with Crippen LogP contribution in [0.2, 0.25) is 0 Å². The normalized spacial score (nSPS) is 9.25. The quantitative estimate of drug-likeness (QED) is 0.229. The summed E-state index contributed by atoms with van der Waals surface area (Å²) in [6.45, 7) is 1.42. The molecule has 0 saturated heterocycles. The van der Waals surface area contributed by atoms with E-state index in [2.05, 4.69) is 14.1 Å². The van der Waals surface area contributed by atoms with Gasteiger partial charge in [-0.2, -0.15) is 5.10 Å². The minimum absolute atomic E-state index is 0.125. The largest absolute Gasteiger partial charge is 0.316 e. The lowest BCUT2D eigenvalue weighted by molar-refractivity contribution is -0.117. The van der Waals surface area contributed by atoms with Gasteiger partial charge in [0, 0.05) is 6.92 Å². The Bertz CT molecular complexity index is 103. The third-order valence-electron chi connectivity index (χ3n) is 0.381. The molecule has 2 N–H and O–H groups in total. The molecule has 0 aliphatic carbocycles. The van der Waals surface area contributed by atoms with Crippen LogP contribution in [0.15, 0.2) is 5.10 Å². The van der Waals surface area contributed by atoms with Crippen LogP contribution in [-0.2, 0) is 4.79 Å². The first kappa shape index (κ1) is 7.67. The summed E-state index contributed by atoms with van der Waals surface area (Å²) >= 11 is 1.83. The van der Waals surface area contributed by atoms with E-state index in [1.807, 2.05) is 22.9 Å². The van der Waals surface area contributed by atoms with Gasteiger partial charge in [0.1, 0.15) is 6.34 Å². The van der Waals surface area contributed by atoms with Gasteiger partial charge in [-0.05, 0) is 0 Å². The molecular weight excluding hydrogens is 221 g/mol. The maximum absolute atomic E-state index is 10.1. The van der Waals surface area contributed by atoms with Crippen molar-refractivity contribution in [1.82, 2.24) is 8.96 Å². The summed E-state index contributed by atoms with van der Waals surface area (Å²) in [5.74, 6) is -0.125. The monoisotopic (exact) mass is 227 g/mol. The SMILES string of the molecule is CC(=O)N/C=N\NI. The van der Waals surface area contributed by atoms with E-state index in [4.69, 9.17) is 0 Å². The fourth-order valence-corrected chi connectivity index (χ4v) is 0.287. The van der Waals surface area contributed by atoms with Gasteiger partial charge in [0.2, 0.25) is 5.91 Å². The molecule has 0 aliphatic rings. The van der Waals surface area contributed by atoms with Crippen LogP contribution in [0.1, 0.15) is 6.92 Å². The molecule has 0 aromatic rings. The van der Waals surface area contributed by atoms with Crippen molar-refractivity contribution in [2.75, 3.05) is 0 Å². The molecule has 0 bridgehead atoms. The molecule has 4 nitrogen and oxygen atoms in total. The van der Waals surface area contributed by atoms with E-state index in [0.29, 0.717) is 0 Å². The van der Waals surface area contributed by atoms with E-state index in [0.717, 1.165) is 0 Å². The van der Waals surface area contributed by atoms with Gasteiger partial charge in [0.25, 0.3) is 0 Å². The molecule has 0 unspecified atom stereocenters. The van der Waals surface area contributed by atoms with Crippen molar-refractivity contribution in [1.29, 1.82) is 0 Å². The van der Waals surface area contributed by atoms with Crippen molar-refractivity contribution >= 4 is 35.1 Å². The predicted molar refractivity (Wildman–Crippen MR) is 39.5 cm³/mol. The summed E-state index contributed by atoms with van der Waals surface area (Å²) in [4.78, 5) is 10.1. The van der Waals surface area contributed by atoms with Crippen LogP contribution in [0.25, 0.3) is 0 Å². The second-order valence-corrected chi connectivity index (χ2v) is 1.53. The maximum Gasteiger partial charge on any atom is 0.221 e. The molecule has 46 valence electrons. The van der Waals surface area contributed by atoms with E-state index in [9.17, 15) is 4.79 Å². The molecule has 5 heteroatoms. The molecule has 0 saturated carbocycles. The molecule has 1 amide bonds. The Morgan fingerprint density at radius 2 is 2.50 bits per heavy atom. The Kier molecular flexibility index (Phi) is 4.62. The average molecular weight is 227 g/mol. The van der Waals surface area contributed by atoms with Gasteiger partial charge in [-0.3, -0.25) is 4.79 Å². The number of nitrogens with zero attached hydrogens (tertiary/aromatic N) is 1. The first-order chi connectivity index (χ1) is 3.77. The lowest BCUT2D eigenvalue weighted by Gasteiger charge is -1.86. The molecule has 0 radical (unpaired) electrons. The van der Waals surface area contributed by atoms with E-state index in [-0.39, 0.29) is 5.91 Å². The number of amides is 1. The molecule has 0 rings (SSSR count). The Labute approximate surface area is 61.2 Å². The Hall–Kier alpha value is -0.330. The second-order valence-electron chi connectivity index (χ2n) is 1.04. The maximum atomic E-state index is 10.1. The molecule has 0 aromatic carbocycles. The molecule has 0 atom stereocenters. The number of hydrogen-bond acceptors (Lipinski definition) is 3. The number of nitrogens with one attached hydrogen (secondary N) is 2. The summed E-state index contributed by atoms with van der Waals surface area (Å²) < 4.78 is 2.45. The summed E-state index contributed by atoms with van der Waals surface area (Å²) in [5, 5.41) is 5.84. The number of rotatable bonds is 2. The van der Waals surface area contributed by atoms with Crippen molar-refractivity contribution in [2.24, 2.45) is 5.10 Å². The van der Waals surface area contributed by atoms with Crippen molar-refractivity contribution in [3.63, 3.8) is 0 Å². The number of hydrogen-bond donors (Lipinski definition) is 2. The summed E-state index contributed by atoms with van der Waals surface area (Å²) in [6.07, 6.45) is 1.29. The minimum atomic E-state index is -0.125. The second kappa shape index (κ2) is 4.82. The molecule has 0 spiro atoms. The van der Waals surface area contributed by atoms with Crippen LogP contribution >= 0.6 is 22.9 Å². The van der Waals surface area contributed by atoms with Gasteiger partial charge in [-0.25, -0.2) is 3.64 Å². The topological polar surface area (TPSA) is 53.5 Å². The predicted octanol–water partition coefficient (Wildman–Crippen LogP) is 0.00540. The Morgan fingerprint density at radius 1 is 1.88 bits per heavy atom. The Morgan fingerprint density at radius 3 is 2.88 bits per heavy atom. The third kappa shape index (κ3) is 5.67. The zero-order valence-electron chi connectivity index (χ0n) is 4.31. The Balaban J connectivity index is 3.16. The van der Waals surface area contributed by atoms with Crippen LogP contribution < -0.4 is 8.96 Å². The molecule has 0 fully saturated rings. The van der Waals surface area contributed by atoms with Gasteiger partial charge in [-0.15, -0.1) is 0 Å². The van der Waals surface area contributed by atoms with Crippen LogP contribution in [0.5, 0.6) is 0 Å². The van der Waals surface area contributed by atoms with E-state index >= 15 is 0 Å². The number of carbonyl (C=O) groups is 1. The molecular formula is C3H6IN3O.